The van der Waals surface area contributed by atoms with Crippen molar-refractivity contribution in [2.24, 2.45) is 0 Å². The molecule has 0 fully saturated rings. The topological polar surface area (TPSA) is 78.9 Å². The minimum Gasteiger partial charge on any atom is -0.462 e. The van der Waals surface area contributed by atoms with E-state index < -0.39 is 6.10 Å². The molecule has 0 aliphatic carbocycles. The summed E-state index contributed by atoms with van der Waals surface area (Å²) >= 11 is 0. The normalized spacial score (nSPS) is 12.2. The van der Waals surface area contributed by atoms with Crippen molar-refractivity contribution in [1.82, 2.24) is 0 Å². The van der Waals surface area contributed by atoms with Crippen LogP contribution < -0.4 is 0 Å². The summed E-state index contributed by atoms with van der Waals surface area (Å²) < 4.78 is 17.0. The minimum atomic E-state index is -0.776. The molecule has 6 heteroatoms. The Hall–Kier alpha value is -2.37. The monoisotopic (exact) mass is 1140 g/mol. The highest BCUT2D eigenvalue weighted by Crippen LogP contribution is 2.18. The Morgan fingerprint density at radius 2 is 0.407 bits per heavy atom. The van der Waals surface area contributed by atoms with Crippen LogP contribution in [0.1, 0.15) is 406 Å². The third-order valence-corrected chi connectivity index (χ3v) is 16.6. The van der Waals surface area contributed by atoms with Gasteiger partial charge in [0.2, 0.25) is 0 Å². The summed E-state index contributed by atoms with van der Waals surface area (Å²) in [5, 5.41) is 0. The molecule has 6 nitrogen and oxygen atoms in total. The first-order valence-corrected chi connectivity index (χ1v) is 36.5. The highest BCUT2D eigenvalue weighted by Gasteiger charge is 2.19. The van der Waals surface area contributed by atoms with Gasteiger partial charge in [-0.25, -0.2) is 0 Å². The lowest BCUT2D eigenvalue weighted by Crippen LogP contribution is -2.30. The quantitative estimate of drug-likeness (QED) is 0.0261. The van der Waals surface area contributed by atoms with Gasteiger partial charge in [-0.1, -0.05) is 327 Å². The second kappa shape index (κ2) is 70.1. The maximum Gasteiger partial charge on any atom is 0.306 e. The zero-order chi connectivity index (χ0) is 58.5. The molecule has 1 atom stereocenters. The van der Waals surface area contributed by atoms with Gasteiger partial charge in [-0.05, 0) is 96.3 Å². The average Bonchev–Trinajstić information content (AvgIpc) is 3.46. The molecule has 81 heavy (non-hydrogen) atoms. The first-order valence-electron chi connectivity index (χ1n) is 36.5. The second-order valence-corrected chi connectivity index (χ2v) is 24.8. The highest BCUT2D eigenvalue weighted by molar-refractivity contribution is 5.71. The van der Waals surface area contributed by atoms with Gasteiger partial charge in [-0.3, -0.25) is 14.4 Å². The van der Waals surface area contributed by atoms with Crippen LogP contribution in [-0.2, 0) is 28.6 Å². The molecule has 0 aliphatic heterocycles. The molecule has 0 rings (SSSR count). The Bertz CT molecular complexity index is 1350. The summed E-state index contributed by atoms with van der Waals surface area (Å²) in [6, 6.07) is 0. The number of hydrogen-bond donors (Lipinski definition) is 0. The fourth-order valence-electron chi connectivity index (χ4n) is 11.1. The van der Waals surface area contributed by atoms with Crippen molar-refractivity contribution in [3.8, 4) is 0 Å². The van der Waals surface area contributed by atoms with Crippen LogP contribution in [0.3, 0.4) is 0 Å². The van der Waals surface area contributed by atoms with Gasteiger partial charge in [0.1, 0.15) is 13.2 Å². The highest BCUT2D eigenvalue weighted by atomic mass is 16.6. The van der Waals surface area contributed by atoms with Crippen molar-refractivity contribution in [1.29, 1.82) is 0 Å². The predicted octanol–water partition coefficient (Wildman–Crippen LogP) is 25.1. The summed E-state index contributed by atoms with van der Waals surface area (Å²) in [5.41, 5.74) is 0. The van der Waals surface area contributed by atoms with Gasteiger partial charge in [0, 0.05) is 19.3 Å². The molecular formula is C75H140O6. The van der Waals surface area contributed by atoms with Gasteiger partial charge in [-0.15, -0.1) is 0 Å². The van der Waals surface area contributed by atoms with E-state index in [1.165, 1.54) is 302 Å². The van der Waals surface area contributed by atoms with Crippen molar-refractivity contribution < 1.29 is 28.6 Å². The lowest BCUT2D eigenvalue weighted by molar-refractivity contribution is -0.167. The molecule has 476 valence electrons. The zero-order valence-corrected chi connectivity index (χ0v) is 54.8. The van der Waals surface area contributed by atoms with Gasteiger partial charge in [0.25, 0.3) is 0 Å². The van der Waals surface area contributed by atoms with E-state index in [2.05, 4.69) is 57.2 Å². The Labute approximate surface area is 506 Å². The van der Waals surface area contributed by atoms with E-state index in [1.54, 1.807) is 0 Å². The van der Waals surface area contributed by atoms with Gasteiger partial charge in [0.05, 0.1) is 0 Å². The van der Waals surface area contributed by atoms with E-state index in [-0.39, 0.29) is 31.1 Å². The molecule has 0 aromatic heterocycles. The van der Waals surface area contributed by atoms with E-state index in [4.69, 9.17) is 14.2 Å². The van der Waals surface area contributed by atoms with Crippen LogP contribution in [-0.4, -0.2) is 37.2 Å². The molecule has 0 bridgehead atoms. The lowest BCUT2D eigenvalue weighted by Gasteiger charge is -2.18. The molecular weight excluding hydrogens is 997 g/mol. The predicted molar refractivity (Wildman–Crippen MR) is 353 cm³/mol. The lowest BCUT2D eigenvalue weighted by atomic mass is 10.0. The molecule has 0 heterocycles. The SMILES string of the molecule is CCCCCC/C=C\CCCCCCCC(=O)OCC(COC(=O)CCCCCCCCCCCCCCCCCCC/C=C\CCCCCCCCCC)OC(=O)CCCCCCCCCCC/C=C\CCCCCCCCCC. The van der Waals surface area contributed by atoms with Crippen molar-refractivity contribution in [2.75, 3.05) is 13.2 Å². The molecule has 0 aromatic carbocycles. The molecule has 1 unspecified atom stereocenters. The van der Waals surface area contributed by atoms with Crippen molar-refractivity contribution in [3.05, 3.63) is 36.5 Å². The van der Waals surface area contributed by atoms with Crippen LogP contribution >= 0.6 is 0 Å². The molecule has 0 aromatic rings. The number of ether oxygens (including phenoxy) is 3. The van der Waals surface area contributed by atoms with Gasteiger partial charge in [-0.2, -0.15) is 0 Å². The standard InChI is InChI=1S/C75H140O6/c1-4-7-10-13-16-19-22-25-27-29-31-33-34-35-36-37-38-39-40-42-43-45-47-50-53-56-59-62-65-68-74(77)80-71-72(70-79-73(76)67-64-61-58-55-52-49-24-21-18-15-12-9-6-3)81-75(78)69-66-63-60-57-54-51-48-46-44-41-32-30-28-26-23-20-17-14-11-8-5-2/h21,24,29-32,72H,4-20,22-23,25-28,33-71H2,1-3H3/b24-21-,31-29-,32-30-. The van der Waals surface area contributed by atoms with Crippen molar-refractivity contribution >= 4 is 17.9 Å². The Balaban J connectivity index is 4.19. The number of unbranched alkanes of at least 4 members (excludes halogenated alkanes) is 51. The number of esters is 3. The number of carbonyl (C=O) groups is 3. The summed E-state index contributed by atoms with van der Waals surface area (Å²) in [7, 11) is 0. The van der Waals surface area contributed by atoms with Crippen LogP contribution in [0.5, 0.6) is 0 Å². The van der Waals surface area contributed by atoms with Crippen LogP contribution in [0.4, 0.5) is 0 Å². The summed E-state index contributed by atoms with van der Waals surface area (Å²) in [6.07, 6.45) is 87.6. The minimum absolute atomic E-state index is 0.0711. The van der Waals surface area contributed by atoms with E-state index >= 15 is 0 Å². The number of rotatable bonds is 68. The Kier molecular flexibility index (Phi) is 68.1. The Morgan fingerprint density at radius 3 is 0.630 bits per heavy atom. The van der Waals surface area contributed by atoms with E-state index in [0.717, 1.165) is 64.2 Å². The third kappa shape index (κ3) is 68.3. The second-order valence-electron chi connectivity index (χ2n) is 24.8. The smallest absolute Gasteiger partial charge is 0.306 e. The fraction of sp³-hybridized carbons (Fsp3) is 0.880. The zero-order valence-electron chi connectivity index (χ0n) is 54.8. The first-order chi connectivity index (χ1) is 40.0. The maximum atomic E-state index is 12.9. The maximum absolute atomic E-state index is 12.9. The fourth-order valence-corrected chi connectivity index (χ4v) is 11.1. The number of hydrogen-bond acceptors (Lipinski definition) is 6. The average molecular weight is 1140 g/mol. The number of allylic oxidation sites excluding steroid dienone is 6. The van der Waals surface area contributed by atoms with Crippen LogP contribution in [0, 0.1) is 0 Å². The molecule has 0 saturated carbocycles. The van der Waals surface area contributed by atoms with Crippen molar-refractivity contribution in [3.63, 3.8) is 0 Å². The molecule has 0 N–H and O–H groups in total. The summed E-state index contributed by atoms with van der Waals surface area (Å²) in [6.45, 7) is 6.69. The van der Waals surface area contributed by atoms with Gasteiger partial charge >= 0.3 is 17.9 Å². The first kappa shape index (κ1) is 78.6. The van der Waals surface area contributed by atoms with Gasteiger partial charge in [0.15, 0.2) is 6.10 Å². The molecule has 0 spiro atoms. The van der Waals surface area contributed by atoms with Gasteiger partial charge < -0.3 is 14.2 Å². The summed E-state index contributed by atoms with van der Waals surface area (Å²) in [4.78, 5) is 38.4. The Morgan fingerprint density at radius 1 is 0.235 bits per heavy atom. The van der Waals surface area contributed by atoms with Crippen LogP contribution in [0.25, 0.3) is 0 Å². The van der Waals surface area contributed by atoms with E-state index in [9.17, 15) is 14.4 Å². The van der Waals surface area contributed by atoms with Crippen LogP contribution in [0.2, 0.25) is 0 Å². The van der Waals surface area contributed by atoms with E-state index in [1.807, 2.05) is 0 Å². The summed E-state index contributed by atoms with van der Waals surface area (Å²) in [5.74, 6) is -0.854. The van der Waals surface area contributed by atoms with E-state index in [0.29, 0.717) is 19.3 Å². The molecule has 0 radical (unpaired) electrons. The molecule has 0 amide bonds. The third-order valence-electron chi connectivity index (χ3n) is 16.6. The van der Waals surface area contributed by atoms with Crippen LogP contribution in [0.15, 0.2) is 36.5 Å². The largest absolute Gasteiger partial charge is 0.462 e. The number of carbonyl (C=O) groups excluding carboxylic acids is 3. The molecule has 0 aliphatic rings. The van der Waals surface area contributed by atoms with Crippen molar-refractivity contribution in [2.45, 2.75) is 412 Å². The molecule has 0 saturated heterocycles.